The quantitative estimate of drug-likeness (QED) is 0.0344. The van der Waals surface area contributed by atoms with Gasteiger partial charge in [-0.15, -0.1) is 0 Å². The van der Waals surface area contributed by atoms with Crippen LogP contribution in [0.25, 0.3) is 0 Å². The summed E-state index contributed by atoms with van der Waals surface area (Å²) in [6.07, 6.45) is 1.81. The molecule has 15 heteroatoms. The van der Waals surface area contributed by atoms with Gasteiger partial charge >= 0.3 is 0 Å². The van der Waals surface area contributed by atoms with Crippen LogP contribution in [-0.2, 0) is 46.8 Å². The molecule has 0 aromatic heterocycles. The third-order valence-corrected chi connectivity index (χ3v) is 21.0. The van der Waals surface area contributed by atoms with Gasteiger partial charge in [-0.3, -0.25) is 0 Å². The van der Waals surface area contributed by atoms with E-state index in [4.69, 9.17) is 28.0 Å². The summed E-state index contributed by atoms with van der Waals surface area (Å²) in [5.74, 6) is 2.69. The maximum absolute atomic E-state index is 15.0. The van der Waals surface area contributed by atoms with Gasteiger partial charge in [0, 0.05) is 89.9 Å². The van der Waals surface area contributed by atoms with Gasteiger partial charge in [-0.05, 0) is 125 Å². The molecule has 0 radical (unpaired) electrons. The van der Waals surface area contributed by atoms with Gasteiger partial charge in [0.25, 0.3) is 8.53 Å². The zero-order valence-electron chi connectivity index (χ0n) is 48.9. The van der Waals surface area contributed by atoms with Crippen molar-refractivity contribution in [2.45, 2.75) is 134 Å². The molecular weight excluding hydrogens is 1040 g/mol. The van der Waals surface area contributed by atoms with Gasteiger partial charge in [0.15, 0.2) is 0 Å². The summed E-state index contributed by atoms with van der Waals surface area (Å²) in [5.41, 5.74) is 6.70. The molecule has 3 aliphatic rings. The van der Waals surface area contributed by atoms with Crippen LogP contribution in [0.2, 0.25) is 0 Å². The summed E-state index contributed by atoms with van der Waals surface area (Å²) in [6.45, 7) is 24.1. The zero-order chi connectivity index (χ0) is 57.3. The van der Waals surface area contributed by atoms with Gasteiger partial charge in [-0.1, -0.05) is 100 Å². The summed E-state index contributed by atoms with van der Waals surface area (Å²) >= 11 is 0. The number of hydrogen-bond donors (Lipinski definition) is 0. The molecule has 1 spiro atoms. The van der Waals surface area contributed by atoms with Crippen LogP contribution in [0.5, 0.6) is 23.0 Å². The second kappa shape index (κ2) is 23.8. The molecule has 3 heterocycles. The van der Waals surface area contributed by atoms with Crippen molar-refractivity contribution in [3.8, 4) is 29.1 Å². The maximum Gasteiger partial charge on any atom is 0.259 e. The van der Waals surface area contributed by atoms with Crippen molar-refractivity contribution in [1.82, 2.24) is 8.98 Å². The Morgan fingerprint density at radius 2 is 1.31 bits per heavy atom. The molecule has 424 valence electrons. The number of rotatable bonds is 23. The number of fused-ring (bicyclic) bond motifs is 7. The molecule has 0 amide bonds. The molecule has 3 aliphatic heterocycles. The minimum atomic E-state index is -3.98. The van der Waals surface area contributed by atoms with E-state index in [2.05, 4.69) is 150 Å². The minimum absolute atomic E-state index is 0.0392. The Kier molecular flexibility index (Phi) is 17.5. The van der Waals surface area contributed by atoms with E-state index in [0.717, 1.165) is 68.2 Å². The average Bonchev–Trinajstić information content (AvgIpc) is 3.97. The normalized spacial score (nSPS) is 18.6. The standard InChI is InChI=1S/C65H80N5O8PS/c1-14-46(7)68(35-38-75-65(49-22-17-16-18-23-49,50-26-30-52(73-12)31-27-50)51-28-32-53(74-13)33-29-51)58-42-60-56(40-48(58)15-2)64(54-24-19-20-25-62(54)80(71,72)67(64)11)57-41-55-59(43-61(57)78-60)69(47(8)63(55,9)10)36-39-77-79(76-37-21-34-66)70(44(3)4)45(5)6/h16-20,22-33,40-47H,14-15,21,35-39H2,1-13H3. The topological polar surface area (TPSA) is 126 Å². The molecule has 6 aromatic rings. The Hall–Kier alpha value is -6.01. The van der Waals surface area contributed by atoms with Crippen LogP contribution < -0.4 is 24.0 Å². The maximum atomic E-state index is 15.0. The van der Waals surface area contributed by atoms with E-state index >= 15 is 0 Å². The van der Waals surface area contributed by atoms with Crippen molar-refractivity contribution in [2.24, 2.45) is 0 Å². The highest BCUT2D eigenvalue weighted by Crippen LogP contribution is 2.62. The van der Waals surface area contributed by atoms with Crippen LogP contribution in [0.3, 0.4) is 0 Å². The summed E-state index contributed by atoms with van der Waals surface area (Å²) in [4.78, 5) is 5.11. The van der Waals surface area contributed by atoms with Crippen molar-refractivity contribution in [1.29, 1.82) is 5.26 Å². The van der Waals surface area contributed by atoms with E-state index in [1.54, 1.807) is 31.6 Å². The Bertz CT molecular complexity index is 3240. The van der Waals surface area contributed by atoms with Gasteiger partial charge in [0.05, 0.1) is 51.4 Å². The molecular formula is C65H80N5O8PS. The number of methoxy groups -OCH3 is 2. The molecule has 0 aliphatic carbocycles. The molecule has 4 unspecified atom stereocenters. The van der Waals surface area contributed by atoms with E-state index in [0.29, 0.717) is 56.4 Å². The number of ether oxygens (including phenoxy) is 4. The number of benzene rings is 6. The first-order valence-electron chi connectivity index (χ1n) is 28.2. The highest BCUT2D eigenvalue weighted by molar-refractivity contribution is 7.89. The van der Waals surface area contributed by atoms with Gasteiger partial charge in [-0.25, -0.2) is 13.1 Å². The van der Waals surface area contributed by atoms with Crippen LogP contribution in [-0.4, -0.2) is 95.7 Å². The second-order valence-corrected chi connectivity index (χ2v) is 25.6. The highest BCUT2D eigenvalue weighted by atomic mass is 32.2. The fraction of sp³-hybridized carbons (Fsp3) is 0.431. The van der Waals surface area contributed by atoms with Crippen molar-refractivity contribution in [3.63, 3.8) is 0 Å². The fourth-order valence-electron chi connectivity index (χ4n) is 12.4. The fourth-order valence-corrected chi connectivity index (χ4v) is 15.7. The van der Waals surface area contributed by atoms with E-state index in [1.165, 1.54) is 0 Å². The van der Waals surface area contributed by atoms with Crippen molar-refractivity contribution >= 4 is 29.9 Å². The zero-order valence-corrected chi connectivity index (χ0v) is 50.7. The number of nitriles is 1. The van der Waals surface area contributed by atoms with Crippen LogP contribution >= 0.6 is 8.53 Å². The molecule has 6 aromatic carbocycles. The van der Waals surface area contributed by atoms with Gasteiger partial charge in [0.1, 0.15) is 34.1 Å². The van der Waals surface area contributed by atoms with Crippen LogP contribution in [0.1, 0.15) is 127 Å². The Morgan fingerprint density at radius 3 is 1.90 bits per heavy atom. The number of hydrogen-bond acceptors (Lipinski definition) is 12. The first-order valence-corrected chi connectivity index (χ1v) is 30.8. The lowest BCUT2D eigenvalue weighted by Crippen LogP contribution is -2.45. The molecule has 4 atom stereocenters. The number of anilines is 2. The summed E-state index contributed by atoms with van der Waals surface area (Å²) in [5, 5.41) is 9.35. The summed E-state index contributed by atoms with van der Waals surface area (Å²) in [7, 11) is -0.354. The SMILES string of the molecule is CCc1cc2c(cc1N(CCOC(c1ccccc1)(c1ccc(OC)cc1)c1ccc(OC)cc1)C(C)CC)Oc1cc3c(cc1C21c2ccccc2S(=O)(=O)N1C)C(C)(C)C(C)N3CCOP(OCCC#N)N(C(C)C)C(C)C. The number of aryl methyl sites for hydroxylation is 1. The molecule has 0 bridgehead atoms. The van der Waals surface area contributed by atoms with E-state index in [9.17, 15) is 13.7 Å². The smallest absolute Gasteiger partial charge is 0.259 e. The molecule has 9 rings (SSSR count). The molecule has 0 saturated heterocycles. The third kappa shape index (κ3) is 10.2. The predicted molar refractivity (Wildman–Crippen MR) is 320 cm³/mol. The number of nitrogens with zero attached hydrogens (tertiary/aromatic N) is 5. The van der Waals surface area contributed by atoms with Gasteiger partial charge < -0.3 is 37.8 Å². The number of sulfonamides is 1. The van der Waals surface area contributed by atoms with Crippen LogP contribution in [0, 0.1) is 11.3 Å². The Morgan fingerprint density at radius 1 is 0.738 bits per heavy atom. The monoisotopic (exact) mass is 1120 g/mol. The van der Waals surface area contributed by atoms with Crippen LogP contribution in [0.15, 0.2) is 132 Å². The van der Waals surface area contributed by atoms with E-state index < -0.39 is 29.7 Å². The van der Waals surface area contributed by atoms with Crippen molar-refractivity contribution in [2.75, 3.05) is 64.0 Å². The third-order valence-electron chi connectivity index (χ3n) is 17.0. The first kappa shape index (κ1) is 58.6. The summed E-state index contributed by atoms with van der Waals surface area (Å²) in [6, 6.07) is 45.4. The van der Waals surface area contributed by atoms with E-state index in [-0.39, 0.29) is 40.9 Å². The second-order valence-electron chi connectivity index (χ2n) is 22.3. The highest BCUT2D eigenvalue weighted by Gasteiger charge is 2.59. The van der Waals surface area contributed by atoms with Gasteiger partial charge in [0.2, 0.25) is 10.0 Å². The first-order chi connectivity index (χ1) is 38.4. The average molecular weight is 1120 g/mol. The van der Waals surface area contributed by atoms with Gasteiger partial charge in [-0.2, -0.15) is 9.57 Å². The lowest BCUT2D eigenvalue weighted by molar-refractivity contribution is 0.0166. The van der Waals surface area contributed by atoms with Crippen LogP contribution in [0.4, 0.5) is 11.4 Å². The summed E-state index contributed by atoms with van der Waals surface area (Å²) < 4.78 is 72.8. The largest absolute Gasteiger partial charge is 0.497 e. The predicted octanol–water partition coefficient (Wildman–Crippen LogP) is 13.7. The Balaban J connectivity index is 1.15. The van der Waals surface area contributed by atoms with Crippen molar-refractivity contribution in [3.05, 3.63) is 172 Å². The van der Waals surface area contributed by atoms with E-state index in [1.807, 2.05) is 60.7 Å². The van der Waals surface area contributed by atoms with Crippen molar-refractivity contribution < 1.29 is 36.4 Å². The lowest BCUT2D eigenvalue weighted by Gasteiger charge is -2.43. The molecule has 0 saturated carbocycles. The Labute approximate surface area is 477 Å². The molecule has 80 heavy (non-hydrogen) atoms. The molecule has 0 N–H and O–H groups in total. The molecule has 13 nitrogen and oxygen atoms in total. The minimum Gasteiger partial charge on any atom is -0.497 e. The lowest BCUT2D eigenvalue weighted by atomic mass is 9.72. The molecule has 0 fully saturated rings.